The molecule has 2 aromatic carbocycles. The molecule has 2 aliphatic rings. The first kappa shape index (κ1) is 23.4. The predicted molar refractivity (Wildman–Crippen MR) is 136 cm³/mol. The van der Waals surface area contributed by atoms with Gasteiger partial charge in [0, 0.05) is 48.7 Å². The van der Waals surface area contributed by atoms with E-state index in [9.17, 15) is 9.59 Å². The molecule has 1 amide bonds. The smallest absolute Gasteiger partial charge is 0.240 e. The Bertz CT molecular complexity index is 1220. The Labute approximate surface area is 210 Å². The van der Waals surface area contributed by atoms with E-state index in [2.05, 4.69) is 21.9 Å². The summed E-state index contributed by atoms with van der Waals surface area (Å²) in [5.74, 6) is -0.609. The van der Waals surface area contributed by atoms with E-state index in [-0.39, 0.29) is 18.2 Å². The lowest BCUT2D eigenvalue weighted by atomic mass is 9.84. The second-order valence-electron chi connectivity index (χ2n) is 8.99. The molecule has 2 unspecified atom stereocenters. The number of allylic oxidation sites excluding steroid dienone is 2. The number of rotatable bonds is 6. The molecule has 0 saturated carbocycles. The molecule has 6 nitrogen and oxygen atoms in total. The molecule has 1 fully saturated rings. The zero-order valence-corrected chi connectivity index (χ0v) is 20.4. The van der Waals surface area contributed by atoms with Crippen molar-refractivity contribution in [3.05, 3.63) is 101 Å². The van der Waals surface area contributed by atoms with Gasteiger partial charge in [-0.1, -0.05) is 48.0 Å². The molecule has 35 heavy (non-hydrogen) atoms. The summed E-state index contributed by atoms with van der Waals surface area (Å²) in [6.07, 6.45) is 3.17. The number of anilines is 1. The zero-order chi connectivity index (χ0) is 24.4. The summed E-state index contributed by atoms with van der Waals surface area (Å²) in [6, 6.07) is 21.0. The Morgan fingerprint density at radius 1 is 0.943 bits per heavy atom. The number of piperazine rings is 1. The Morgan fingerprint density at radius 2 is 1.66 bits per heavy atom. The van der Waals surface area contributed by atoms with Crippen molar-refractivity contribution in [1.82, 2.24) is 9.80 Å². The summed E-state index contributed by atoms with van der Waals surface area (Å²) in [4.78, 5) is 33.5. The molecule has 0 bridgehead atoms. The lowest BCUT2D eigenvalue weighted by Gasteiger charge is -2.44. The number of benzene rings is 2. The highest BCUT2D eigenvalue weighted by Gasteiger charge is 2.44. The lowest BCUT2D eigenvalue weighted by molar-refractivity contribution is -0.143. The highest BCUT2D eigenvalue weighted by atomic mass is 35.5. The van der Waals surface area contributed by atoms with Gasteiger partial charge >= 0.3 is 0 Å². The molecule has 0 N–H and O–H groups in total. The number of ketones is 1. The molecule has 0 radical (unpaired) electrons. The summed E-state index contributed by atoms with van der Waals surface area (Å²) in [5, 5.41) is 0.562. The van der Waals surface area contributed by atoms with Gasteiger partial charge in [0.05, 0.1) is 18.8 Å². The number of carbonyl (C=O) groups excluding carboxylic acids is 2. The van der Waals surface area contributed by atoms with Gasteiger partial charge in [-0.3, -0.25) is 14.5 Å². The van der Waals surface area contributed by atoms with E-state index in [1.807, 2.05) is 48.5 Å². The second-order valence-corrected chi connectivity index (χ2v) is 9.40. The van der Waals surface area contributed by atoms with Gasteiger partial charge in [-0.2, -0.15) is 0 Å². The van der Waals surface area contributed by atoms with Crippen LogP contribution in [0.1, 0.15) is 24.3 Å². The molecule has 3 heterocycles. The summed E-state index contributed by atoms with van der Waals surface area (Å²) in [5.41, 5.74) is 2.61. The monoisotopic (exact) mass is 489 g/mol. The van der Waals surface area contributed by atoms with Crippen LogP contribution < -0.4 is 4.90 Å². The van der Waals surface area contributed by atoms with Gasteiger partial charge in [0.2, 0.25) is 5.91 Å². The van der Waals surface area contributed by atoms with E-state index in [1.165, 1.54) is 5.69 Å². The summed E-state index contributed by atoms with van der Waals surface area (Å²) in [7, 11) is 0. The zero-order valence-electron chi connectivity index (χ0n) is 19.6. The molecule has 180 valence electrons. The van der Waals surface area contributed by atoms with Crippen LogP contribution in [-0.2, 0) is 16.1 Å². The minimum atomic E-state index is -0.878. The summed E-state index contributed by atoms with van der Waals surface area (Å²) < 4.78 is 5.49. The minimum Gasteiger partial charge on any atom is -0.467 e. The van der Waals surface area contributed by atoms with Crippen molar-refractivity contribution in [1.29, 1.82) is 0 Å². The SMILES string of the molecule is CC1=CC(=O)C(C(c2ccccc2Cl)N2CCN(c3ccccc3)CC2)C(=O)N1Cc1ccco1. The number of para-hydroxylation sites is 1. The number of hydrogen-bond donors (Lipinski definition) is 0. The van der Waals surface area contributed by atoms with Crippen molar-refractivity contribution in [2.24, 2.45) is 5.92 Å². The van der Waals surface area contributed by atoms with Gasteiger partial charge in [0.25, 0.3) is 0 Å². The van der Waals surface area contributed by atoms with Crippen molar-refractivity contribution in [3.63, 3.8) is 0 Å². The van der Waals surface area contributed by atoms with Crippen LogP contribution in [0.4, 0.5) is 5.69 Å². The third-order valence-electron chi connectivity index (χ3n) is 6.88. The number of carbonyl (C=O) groups is 2. The van der Waals surface area contributed by atoms with Crippen molar-refractivity contribution in [2.75, 3.05) is 31.1 Å². The van der Waals surface area contributed by atoms with E-state index in [1.54, 1.807) is 30.2 Å². The van der Waals surface area contributed by atoms with Crippen molar-refractivity contribution >= 4 is 29.0 Å². The fraction of sp³-hybridized carbons (Fsp3) is 0.286. The molecular weight excluding hydrogens is 462 g/mol. The largest absolute Gasteiger partial charge is 0.467 e. The van der Waals surface area contributed by atoms with E-state index < -0.39 is 12.0 Å². The Balaban J connectivity index is 1.46. The van der Waals surface area contributed by atoms with Gasteiger partial charge in [0.15, 0.2) is 5.78 Å². The molecule has 2 atom stereocenters. The maximum absolute atomic E-state index is 13.9. The first-order valence-electron chi connectivity index (χ1n) is 11.9. The number of hydrogen-bond acceptors (Lipinski definition) is 5. The van der Waals surface area contributed by atoms with Crippen LogP contribution >= 0.6 is 11.6 Å². The molecule has 1 aromatic heterocycles. The molecule has 2 aliphatic heterocycles. The quantitative estimate of drug-likeness (QED) is 0.460. The lowest BCUT2D eigenvalue weighted by Crippen LogP contribution is -2.53. The Hall–Kier alpha value is -3.35. The fourth-order valence-electron chi connectivity index (χ4n) is 5.09. The second kappa shape index (κ2) is 10.1. The topological polar surface area (TPSA) is 57.0 Å². The average Bonchev–Trinajstić information content (AvgIpc) is 3.39. The first-order valence-corrected chi connectivity index (χ1v) is 12.2. The average molecular weight is 490 g/mol. The summed E-state index contributed by atoms with van der Waals surface area (Å²) in [6.45, 7) is 5.09. The van der Waals surface area contributed by atoms with Gasteiger partial charge in [0.1, 0.15) is 11.7 Å². The first-order chi connectivity index (χ1) is 17.0. The number of halogens is 1. The third kappa shape index (κ3) is 4.77. The maximum Gasteiger partial charge on any atom is 0.240 e. The molecule has 5 rings (SSSR count). The van der Waals surface area contributed by atoms with Crippen molar-refractivity contribution < 1.29 is 14.0 Å². The molecule has 7 heteroatoms. The normalized spacial score (nSPS) is 20.2. The van der Waals surface area contributed by atoms with E-state index in [0.717, 1.165) is 18.7 Å². The fourth-order valence-corrected chi connectivity index (χ4v) is 5.34. The predicted octanol–water partition coefficient (Wildman–Crippen LogP) is 4.93. The number of amides is 1. The highest BCUT2D eigenvalue weighted by molar-refractivity contribution is 6.31. The molecule has 0 aliphatic carbocycles. The molecule has 1 saturated heterocycles. The minimum absolute atomic E-state index is 0.182. The van der Waals surface area contributed by atoms with Crippen LogP contribution in [0.15, 0.2) is 89.2 Å². The van der Waals surface area contributed by atoms with Crippen molar-refractivity contribution in [3.8, 4) is 0 Å². The molecular formula is C28H28ClN3O3. The van der Waals surface area contributed by atoms with E-state index in [4.69, 9.17) is 16.0 Å². The maximum atomic E-state index is 13.9. The van der Waals surface area contributed by atoms with Crippen LogP contribution in [0.25, 0.3) is 0 Å². The van der Waals surface area contributed by atoms with Gasteiger partial charge in [-0.25, -0.2) is 0 Å². The van der Waals surface area contributed by atoms with Gasteiger partial charge in [-0.05, 0) is 42.8 Å². The summed E-state index contributed by atoms with van der Waals surface area (Å²) >= 11 is 6.65. The van der Waals surface area contributed by atoms with Crippen molar-refractivity contribution in [2.45, 2.75) is 19.5 Å². The van der Waals surface area contributed by atoms with Crippen LogP contribution in [0, 0.1) is 5.92 Å². The Morgan fingerprint density at radius 3 is 2.34 bits per heavy atom. The van der Waals surface area contributed by atoms with E-state index >= 15 is 0 Å². The highest BCUT2D eigenvalue weighted by Crippen LogP contribution is 2.38. The van der Waals surface area contributed by atoms with E-state index in [0.29, 0.717) is 29.6 Å². The third-order valence-corrected chi connectivity index (χ3v) is 7.22. The van der Waals surface area contributed by atoms with Crippen LogP contribution in [0.2, 0.25) is 5.02 Å². The van der Waals surface area contributed by atoms with Gasteiger partial charge < -0.3 is 14.2 Å². The molecule has 0 spiro atoms. The van der Waals surface area contributed by atoms with Crippen LogP contribution in [-0.4, -0.2) is 47.7 Å². The Kier molecular flexibility index (Phi) is 6.75. The number of furan rings is 1. The van der Waals surface area contributed by atoms with Crippen LogP contribution in [0.5, 0.6) is 0 Å². The molecule has 3 aromatic rings. The number of nitrogens with zero attached hydrogens (tertiary/aromatic N) is 3. The van der Waals surface area contributed by atoms with Gasteiger partial charge in [-0.15, -0.1) is 0 Å². The standard InChI is InChI=1S/C28H28ClN3O3/c1-20-18-25(33)26(28(34)32(20)19-22-10-7-17-35-22)27(23-11-5-6-12-24(23)29)31-15-13-30(14-16-31)21-8-3-2-4-9-21/h2-12,17-18,26-27H,13-16,19H2,1H3. The van der Waals surface area contributed by atoms with Crippen LogP contribution in [0.3, 0.4) is 0 Å².